The molecule has 0 bridgehead atoms. The minimum atomic E-state index is -0.987. The maximum Gasteiger partial charge on any atom is 0.131 e. The summed E-state index contributed by atoms with van der Waals surface area (Å²) in [5, 5.41) is 22.8. The van der Waals surface area contributed by atoms with Crippen LogP contribution in [0.5, 0.6) is 5.75 Å². The molecule has 0 radical (unpaired) electrons. The van der Waals surface area contributed by atoms with Gasteiger partial charge in [0.1, 0.15) is 11.4 Å². The van der Waals surface area contributed by atoms with E-state index in [1.165, 1.54) is 16.5 Å². The first kappa shape index (κ1) is 13.7. The zero-order valence-electron chi connectivity index (χ0n) is 12.8. The number of terminal acetylenes is 1. The average molecular weight is 292 g/mol. The second kappa shape index (κ2) is 4.27. The lowest BCUT2D eigenvalue weighted by atomic mass is 9.61. The molecular formula is C20H20O2. The summed E-state index contributed by atoms with van der Waals surface area (Å²) in [5.74, 6) is 3.29. The highest BCUT2D eigenvalue weighted by Crippen LogP contribution is 2.60. The van der Waals surface area contributed by atoms with Crippen molar-refractivity contribution in [3.63, 3.8) is 0 Å². The van der Waals surface area contributed by atoms with Crippen LogP contribution in [-0.2, 0) is 6.42 Å². The van der Waals surface area contributed by atoms with Crippen LogP contribution in [0.1, 0.15) is 43.2 Å². The number of aromatic hydroxyl groups is 1. The summed E-state index contributed by atoms with van der Waals surface area (Å²) in [6, 6.07) is 9.82. The summed E-state index contributed by atoms with van der Waals surface area (Å²) in [4.78, 5) is 0. The van der Waals surface area contributed by atoms with Gasteiger partial charge in [-0.15, -0.1) is 6.42 Å². The second-order valence-corrected chi connectivity index (χ2v) is 7.05. The Hall–Kier alpha value is -1.98. The van der Waals surface area contributed by atoms with Crippen LogP contribution in [0, 0.1) is 17.8 Å². The SMILES string of the molecule is C#CC1(O)CCC2c3ccc4cc(O)ccc4c3CCC21C. The zero-order valence-corrected chi connectivity index (χ0v) is 12.8. The van der Waals surface area contributed by atoms with Gasteiger partial charge in [-0.1, -0.05) is 31.0 Å². The molecule has 3 atom stereocenters. The van der Waals surface area contributed by atoms with Gasteiger partial charge in [-0.3, -0.25) is 0 Å². The Labute approximate surface area is 130 Å². The van der Waals surface area contributed by atoms with Crippen LogP contribution in [0.3, 0.4) is 0 Å². The predicted octanol–water partition coefficient (Wildman–Crippen LogP) is 3.74. The van der Waals surface area contributed by atoms with Crippen LogP contribution < -0.4 is 0 Å². The van der Waals surface area contributed by atoms with E-state index in [0.29, 0.717) is 18.1 Å². The third-order valence-electron chi connectivity index (χ3n) is 6.17. The van der Waals surface area contributed by atoms with Gasteiger partial charge >= 0.3 is 0 Å². The summed E-state index contributed by atoms with van der Waals surface area (Å²) in [7, 11) is 0. The van der Waals surface area contributed by atoms with E-state index in [4.69, 9.17) is 6.42 Å². The summed E-state index contributed by atoms with van der Waals surface area (Å²) < 4.78 is 0. The molecule has 2 nitrogen and oxygen atoms in total. The van der Waals surface area contributed by atoms with Crippen molar-refractivity contribution in [1.29, 1.82) is 0 Å². The number of aryl methyl sites for hydroxylation is 1. The van der Waals surface area contributed by atoms with Gasteiger partial charge < -0.3 is 10.2 Å². The van der Waals surface area contributed by atoms with Crippen molar-refractivity contribution in [2.75, 3.05) is 0 Å². The van der Waals surface area contributed by atoms with E-state index in [-0.39, 0.29) is 5.41 Å². The second-order valence-electron chi connectivity index (χ2n) is 7.05. The highest BCUT2D eigenvalue weighted by Gasteiger charge is 2.57. The molecule has 1 fully saturated rings. The molecule has 0 amide bonds. The highest BCUT2D eigenvalue weighted by molar-refractivity contribution is 5.88. The normalized spacial score (nSPS) is 33.2. The van der Waals surface area contributed by atoms with Gasteiger partial charge in [0, 0.05) is 5.41 Å². The van der Waals surface area contributed by atoms with Crippen LogP contribution in [0.2, 0.25) is 0 Å². The maximum atomic E-state index is 10.9. The maximum absolute atomic E-state index is 10.9. The fourth-order valence-corrected chi connectivity index (χ4v) is 4.75. The molecule has 22 heavy (non-hydrogen) atoms. The average Bonchev–Trinajstić information content (AvgIpc) is 2.79. The third-order valence-corrected chi connectivity index (χ3v) is 6.17. The van der Waals surface area contributed by atoms with Gasteiger partial charge in [-0.05, 0) is 65.6 Å². The number of hydrogen-bond acceptors (Lipinski definition) is 2. The summed E-state index contributed by atoms with van der Waals surface area (Å²) >= 11 is 0. The number of benzene rings is 2. The number of phenolic OH excluding ortho intramolecular Hbond substituents is 1. The van der Waals surface area contributed by atoms with E-state index in [2.05, 4.69) is 25.0 Å². The van der Waals surface area contributed by atoms with E-state index < -0.39 is 5.60 Å². The lowest BCUT2D eigenvalue weighted by Gasteiger charge is -2.44. The Kier molecular flexibility index (Phi) is 2.65. The molecule has 2 aromatic rings. The van der Waals surface area contributed by atoms with Crippen molar-refractivity contribution >= 4 is 10.8 Å². The van der Waals surface area contributed by atoms with Crippen molar-refractivity contribution in [2.24, 2.45) is 5.41 Å². The smallest absolute Gasteiger partial charge is 0.131 e. The van der Waals surface area contributed by atoms with Gasteiger partial charge in [0.15, 0.2) is 0 Å². The van der Waals surface area contributed by atoms with Crippen LogP contribution in [0.25, 0.3) is 10.8 Å². The van der Waals surface area contributed by atoms with Gasteiger partial charge in [0.25, 0.3) is 0 Å². The quantitative estimate of drug-likeness (QED) is 0.726. The highest BCUT2D eigenvalue weighted by atomic mass is 16.3. The zero-order chi connectivity index (χ0) is 15.5. The van der Waals surface area contributed by atoms with Crippen molar-refractivity contribution in [3.05, 3.63) is 41.5 Å². The molecule has 0 saturated heterocycles. The van der Waals surface area contributed by atoms with Gasteiger partial charge in [-0.2, -0.15) is 0 Å². The van der Waals surface area contributed by atoms with Crippen LogP contribution in [0.4, 0.5) is 0 Å². The molecular weight excluding hydrogens is 272 g/mol. The standard InChI is InChI=1S/C20H20O2/c1-3-20(22)11-9-18-17-6-4-13-12-14(21)5-7-15(13)16(17)8-10-19(18,20)2/h1,4-7,12,18,21-22H,8-11H2,2H3. The Morgan fingerprint density at radius 1 is 1.23 bits per heavy atom. The topological polar surface area (TPSA) is 40.5 Å². The van der Waals surface area contributed by atoms with Crippen molar-refractivity contribution in [3.8, 4) is 18.1 Å². The Morgan fingerprint density at radius 3 is 2.82 bits per heavy atom. The molecule has 112 valence electrons. The molecule has 0 spiro atoms. The minimum Gasteiger partial charge on any atom is -0.508 e. The third kappa shape index (κ3) is 1.55. The molecule has 0 aromatic heterocycles. The van der Waals surface area contributed by atoms with E-state index in [1.54, 1.807) is 6.07 Å². The molecule has 4 rings (SSSR count). The molecule has 2 aliphatic rings. The molecule has 0 aliphatic heterocycles. The summed E-state index contributed by atoms with van der Waals surface area (Å²) in [5.41, 5.74) is 1.47. The molecule has 3 unspecified atom stereocenters. The van der Waals surface area contributed by atoms with Crippen LogP contribution >= 0.6 is 0 Å². The van der Waals surface area contributed by atoms with Crippen molar-refractivity contribution in [2.45, 2.75) is 44.1 Å². The molecule has 1 saturated carbocycles. The number of rotatable bonds is 0. The van der Waals surface area contributed by atoms with Gasteiger partial charge in [0.05, 0.1) is 0 Å². The monoisotopic (exact) mass is 292 g/mol. The Balaban J connectivity index is 1.92. The molecule has 2 heteroatoms. The lowest BCUT2D eigenvalue weighted by molar-refractivity contribution is -0.0154. The van der Waals surface area contributed by atoms with Crippen molar-refractivity contribution < 1.29 is 10.2 Å². The molecule has 2 aliphatic carbocycles. The first-order valence-electron chi connectivity index (χ1n) is 7.93. The Morgan fingerprint density at radius 2 is 2.05 bits per heavy atom. The molecule has 0 heterocycles. The first-order valence-corrected chi connectivity index (χ1v) is 7.93. The van der Waals surface area contributed by atoms with Gasteiger partial charge in [-0.25, -0.2) is 0 Å². The fourth-order valence-electron chi connectivity index (χ4n) is 4.75. The number of aliphatic hydroxyl groups is 1. The van der Waals surface area contributed by atoms with Crippen LogP contribution in [0.15, 0.2) is 30.3 Å². The molecule has 2 aromatic carbocycles. The van der Waals surface area contributed by atoms with E-state index >= 15 is 0 Å². The lowest BCUT2D eigenvalue weighted by Crippen LogP contribution is -2.45. The first-order chi connectivity index (χ1) is 10.5. The van der Waals surface area contributed by atoms with Crippen LogP contribution in [-0.4, -0.2) is 15.8 Å². The number of phenols is 1. The largest absolute Gasteiger partial charge is 0.508 e. The Bertz CT molecular complexity index is 816. The van der Waals surface area contributed by atoms with E-state index in [9.17, 15) is 10.2 Å². The predicted molar refractivity (Wildman–Crippen MR) is 87.8 cm³/mol. The summed E-state index contributed by atoms with van der Waals surface area (Å²) in [6.45, 7) is 2.15. The fraction of sp³-hybridized carbons (Fsp3) is 0.400. The summed E-state index contributed by atoms with van der Waals surface area (Å²) in [6.07, 6.45) is 9.11. The number of fused-ring (bicyclic) bond motifs is 5. The van der Waals surface area contributed by atoms with Crippen molar-refractivity contribution in [1.82, 2.24) is 0 Å². The van der Waals surface area contributed by atoms with E-state index in [0.717, 1.165) is 24.6 Å². The molecule has 2 N–H and O–H groups in total. The van der Waals surface area contributed by atoms with Gasteiger partial charge in [0.2, 0.25) is 0 Å². The minimum absolute atomic E-state index is 0.237. The van der Waals surface area contributed by atoms with E-state index in [1.807, 2.05) is 12.1 Å². The number of hydrogen-bond donors (Lipinski definition) is 2.